The molecule has 0 saturated carbocycles. The Hall–Kier alpha value is -1.68. The molecule has 0 aliphatic heterocycles. The Labute approximate surface area is 110 Å². The summed E-state index contributed by atoms with van der Waals surface area (Å²) in [6.07, 6.45) is 1.57. The lowest BCUT2D eigenvalue weighted by atomic mass is 10.2. The lowest BCUT2D eigenvalue weighted by Crippen LogP contribution is -2.07. The van der Waals surface area contributed by atoms with E-state index >= 15 is 0 Å². The van der Waals surface area contributed by atoms with Gasteiger partial charge >= 0.3 is 0 Å². The van der Waals surface area contributed by atoms with E-state index in [-0.39, 0.29) is 0 Å². The fourth-order valence-electron chi connectivity index (χ4n) is 0.628. The number of rotatable bonds is 2. The summed E-state index contributed by atoms with van der Waals surface area (Å²) in [4.78, 5) is 18.1. The van der Waals surface area contributed by atoms with Crippen molar-refractivity contribution < 1.29 is 14.7 Å². The number of carbonyl (C=O) groups is 2. The number of carbonyl (C=O) groups excluding carboxylic acids is 2. The molecule has 1 rings (SSSR count). The number of hydrogen-bond donors (Lipinski definition) is 2. The van der Waals surface area contributed by atoms with E-state index in [1.165, 1.54) is 12.5 Å². The first-order valence-corrected chi connectivity index (χ1v) is 5.86. The summed E-state index contributed by atoms with van der Waals surface area (Å²) in [5, 5.41) is 11.4. The number of phenols is 1. The first kappa shape index (κ1) is 21.6. The summed E-state index contributed by atoms with van der Waals surface area (Å²) < 4.78 is 0. The molecule has 0 atom stereocenters. The number of aldehydes is 2. The molecule has 0 aromatic heterocycles. The van der Waals surface area contributed by atoms with Crippen LogP contribution in [-0.2, 0) is 9.59 Å². The van der Waals surface area contributed by atoms with Crippen molar-refractivity contribution in [3.63, 3.8) is 0 Å². The summed E-state index contributed by atoms with van der Waals surface area (Å²) in [6.45, 7) is 7.89. The number of phenolic OH excluding ortho intramolecular Hbond substituents is 1. The van der Waals surface area contributed by atoms with E-state index in [1.807, 2.05) is 32.9 Å². The fourth-order valence-corrected chi connectivity index (χ4v) is 0.628. The van der Waals surface area contributed by atoms with Crippen LogP contribution in [0.4, 0.5) is 0 Å². The van der Waals surface area contributed by atoms with Gasteiger partial charge in [-0.3, -0.25) is 0 Å². The summed E-state index contributed by atoms with van der Waals surface area (Å²) in [5.74, 6) is 0.329. The Morgan fingerprint density at radius 2 is 1.56 bits per heavy atom. The van der Waals surface area contributed by atoms with Crippen LogP contribution in [0.1, 0.15) is 26.3 Å². The molecule has 0 aliphatic rings. The van der Waals surface area contributed by atoms with E-state index in [2.05, 4.69) is 5.32 Å². The van der Waals surface area contributed by atoms with E-state index in [9.17, 15) is 4.79 Å². The molecule has 0 aliphatic carbocycles. The van der Waals surface area contributed by atoms with Crippen LogP contribution in [0.5, 0.6) is 5.75 Å². The Bertz CT molecular complexity index is 250. The van der Waals surface area contributed by atoms with Gasteiger partial charge in [-0.05, 0) is 33.0 Å². The van der Waals surface area contributed by atoms with Crippen molar-refractivity contribution >= 4 is 12.6 Å². The van der Waals surface area contributed by atoms with E-state index in [0.717, 1.165) is 12.6 Å². The molecule has 0 radical (unpaired) electrons. The van der Waals surface area contributed by atoms with Gasteiger partial charge in [-0.2, -0.15) is 0 Å². The normalized spacial score (nSPS) is 7.17. The molecule has 0 saturated heterocycles. The highest BCUT2D eigenvalue weighted by molar-refractivity contribution is 5.51. The number of hydrogen-bond acceptors (Lipinski definition) is 4. The van der Waals surface area contributed by atoms with Gasteiger partial charge in [-0.1, -0.05) is 31.5 Å². The van der Waals surface area contributed by atoms with Crippen molar-refractivity contribution in [3.8, 4) is 5.75 Å². The monoisotopic (exact) mass is 255 g/mol. The van der Waals surface area contributed by atoms with Crippen molar-refractivity contribution in [2.45, 2.75) is 27.7 Å². The third kappa shape index (κ3) is 23.9. The molecule has 0 amide bonds. The van der Waals surface area contributed by atoms with Gasteiger partial charge in [0.1, 0.15) is 18.3 Å². The Balaban J connectivity index is -0.000000196. The van der Waals surface area contributed by atoms with Crippen molar-refractivity contribution in [3.05, 3.63) is 29.8 Å². The van der Waals surface area contributed by atoms with Crippen LogP contribution in [-0.4, -0.2) is 31.3 Å². The first-order chi connectivity index (χ1) is 8.62. The Morgan fingerprint density at radius 1 is 1.17 bits per heavy atom. The van der Waals surface area contributed by atoms with E-state index in [4.69, 9.17) is 9.90 Å². The molecule has 0 spiro atoms. The molecular formula is C14H25NO3. The second-order valence-electron chi connectivity index (χ2n) is 2.80. The molecule has 1 aromatic rings. The van der Waals surface area contributed by atoms with Crippen molar-refractivity contribution in [1.29, 1.82) is 0 Å². The maximum absolute atomic E-state index is 9.34. The van der Waals surface area contributed by atoms with Gasteiger partial charge in [-0.25, -0.2) is 0 Å². The van der Waals surface area contributed by atoms with Gasteiger partial charge in [-0.15, -0.1) is 0 Å². The number of benzene rings is 1. The standard InChI is InChI=1S/C7H8O.C3H7NO.C2H4O.C2H6/c1-6-2-4-7(8)5-3-6;1-4-2-3-5;1-2-3;1-2/h2-5,8H,1H3;3-4H,2H2,1H3;2H,1H3;1-2H3. The van der Waals surface area contributed by atoms with Crippen molar-refractivity contribution in [2.24, 2.45) is 0 Å². The molecule has 4 heteroatoms. The largest absolute Gasteiger partial charge is 0.508 e. The van der Waals surface area contributed by atoms with Gasteiger partial charge in [0.25, 0.3) is 0 Å². The average Bonchev–Trinajstić information content (AvgIpc) is 2.38. The average molecular weight is 255 g/mol. The molecule has 104 valence electrons. The van der Waals surface area contributed by atoms with Crippen LogP contribution < -0.4 is 5.32 Å². The summed E-state index contributed by atoms with van der Waals surface area (Å²) in [6, 6.07) is 7.09. The third-order valence-corrected chi connectivity index (χ3v) is 1.32. The maximum atomic E-state index is 9.34. The second kappa shape index (κ2) is 20.7. The number of likely N-dealkylation sites (N-methyl/N-ethyl adjacent to an activating group) is 1. The number of aryl methyl sites for hydroxylation is 1. The summed E-state index contributed by atoms with van der Waals surface area (Å²) >= 11 is 0. The number of nitrogens with one attached hydrogen (secondary N) is 1. The van der Waals surface area contributed by atoms with Gasteiger partial charge < -0.3 is 20.0 Å². The fraction of sp³-hybridized carbons (Fsp3) is 0.429. The highest BCUT2D eigenvalue weighted by Crippen LogP contribution is 2.07. The van der Waals surface area contributed by atoms with Crippen LogP contribution in [0, 0.1) is 6.92 Å². The molecule has 0 bridgehead atoms. The van der Waals surface area contributed by atoms with E-state index in [0.29, 0.717) is 12.3 Å². The third-order valence-electron chi connectivity index (χ3n) is 1.32. The van der Waals surface area contributed by atoms with Gasteiger partial charge in [0.15, 0.2) is 0 Å². The lowest BCUT2D eigenvalue weighted by molar-refractivity contribution is -0.107. The zero-order valence-corrected chi connectivity index (χ0v) is 11.9. The zero-order valence-electron chi connectivity index (χ0n) is 11.9. The highest BCUT2D eigenvalue weighted by Gasteiger charge is 1.82. The molecular weight excluding hydrogens is 230 g/mol. The minimum Gasteiger partial charge on any atom is -0.508 e. The van der Waals surface area contributed by atoms with Gasteiger partial charge in [0, 0.05) is 0 Å². The summed E-state index contributed by atoms with van der Waals surface area (Å²) in [7, 11) is 1.73. The zero-order chi connectivity index (χ0) is 14.8. The molecule has 4 nitrogen and oxygen atoms in total. The Kier molecular flexibility index (Phi) is 24.8. The summed E-state index contributed by atoms with van der Waals surface area (Å²) in [5.41, 5.74) is 1.17. The molecule has 0 fully saturated rings. The van der Waals surface area contributed by atoms with Gasteiger partial charge in [0.05, 0.1) is 6.54 Å². The minimum atomic E-state index is 0.329. The van der Waals surface area contributed by atoms with Crippen LogP contribution in [0.25, 0.3) is 0 Å². The van der Waals surface area contributed by atoms with Crippen LogP contribution >= 0.6 is 0 Å². The second-order valence-corrected chi connectivity index (χ2v) is 2.80. The molecule has 18 heavy (non-hydrogen) atoms. The van der Waals surface area contributed by atoms with Crippen molar-refractivity contribution in [1.82, 2.24) is 5.32 Å². The smallest absolute Gasteiger partial charge is 0.133 e. The SMILES string of the molecule is CC.CC=O.CNCC=O.Cc1ccc(O)cc1. The quantitative estimate of drug-likeness (QED) is 0.796. The predicted octanol–water partition coefficient (Wildman–Crippen LogP) is 2.34. The first-order valence-electron chi connectivity index (χ1n) is 5.86. The van der Waals surface area contributed by atoms with E-state index < -0.39 is 0 Å². The number of aromatic hydroxyl groups is 1. The molecule has 2 N–H and O–H groups in total. The minimum absolute atomic E-state index is 0.329. The predicted molar refractivity (Wildman–Crippen MR) is 75.9 cm³/mol. The van der Waals surface area contributed by atoms with Gasteiger partial charge in [0.2, 0.25) is 0 Å². The Morgan fingerprint density at radius 3 is 1.72 bits per heavy atom. The molecule has 0 heterocycles. The molecule has 1 aromatic carbocycles. The van der Waals surface area contributed by atoms with E-state index in [1.54, 1.807) is 19.2 Å². The molecule has 0 unspecified atom stereocenters. The van der Waals surface area contributed by atoms with Crippen LogP contribution in [0.15, 0.2) is 24.3 Å². The topological polar surface area (TPSA) is 66.4 Å². The van der Waals surface area contributed by atoms with Crippen LogP contribution in [0.3, 0.4) is 0 Å². The highest BCUT2D eigenvalue weighted by atomic mass is 16.3. The maximum Gasteiger partial charge on any atom is 0.133 e. The van der Waals surface area contributed by atoms with Crippen molar-refractivity contribution in [2.75, 3.05) is 13.6 Å². The lowest BCUT2D eigenvalue weighted by Gasteiger charge is -1.89. The van der Waals surface area contributed by atoms with Crippen LogP contribution in [0.2, 0.25) is 0 Å².